The van der Waals surface area contributed by atoms with Crippen LogP contribution in [0.3, 0.4) is 0 Å². The molecule has 2 atom stereocenters. The van der Waals surface area contributed by atoms with E-state index >= 15 is 0 Å². The van der Waals surface area contributed by atoms with Crippen molar-refractivity contribution < 1.29 is 14.6 Å². The van der Waals surface area contributed by atoms with Gasteiger partial charge in [0, 0.05) is 13.2 Å². The van der Waals surface area contributed by atoms with Crippen LogP contribution >= 0.6 is 0 Å². The molecule has 1 aliphatic rings. The fourth-order valence-corrected chi connectivity index (χ4v) is 2.33. The van der Waals surface area contributed by atoms with E-state index < -0.39 is 0 Å². The number of aliphatic hydroxyl groups excluding tert-OH is 1. The van der Waals surface area contributed by atoms with Crippen LogP contribution in [0.2, 0.25) is 0 Å². The third-order valence-electron chi connectivity index (χ3n) is 3.20. The zero-order valence-electron chi connectivity index (χ0n) is 10.3. The summed E-state index contributed by atoms with van der Waals surface area (Å²) in [7, 11) is 0. The molecule has 0 radical (unpaired) electrons. The van der Waals surface area contributed by atoms with Gasteiger partial charge in [-0.15, -0.1) is 0 Å². The molecule has 2 rings (SSSR count). The molecule has 4 heteroatoms. The minimum atomic E-state index is -0.168. The molecule has 1 aromatic carbocycles. The number of ether oxygens (including phenoxy) is 1. The Kier molecular flexibility index (Phi) is 4.73. The van der Waals surface area contributed by atoms with Crippen molar-refractivity contribution in [1.82, 2.24) is 5.32 Å². The maximum Gasteiger partial charge on any atom is 0.226 e. The van der Waals surface area contributed by atoms with E-state index in [0.29, 0.717) is 13.2 Å². The fourth-order valence-electron chi connectivity index (χ4n) is 2.33. The first-order chi connectivity index (χ1) is 8.83. The second-order valence-electron chi connectivity index (χ2n) is 4.47. The highest BCUT2D eigenvalue weighted by molar-refractivity contribution is 5.79. The van der Waals surface area contributed by atoms with Crippen LogP contribution in [0.5, 0.6) is 0 Å². The summed E-state index contributed by atoms with van der Waals surface area (Å²) in [6, 6.07) is 9.84. The van der Waals surface area contributed by atoms with Gasteiger partial charge in [-0.05, 0) is 18.4 Å². The van der Waals surface area contributed by atoms with Gasteiger partial charge in [0.15, 0.2) is 0 Å². The number of rotatable bonds is 4. The van der Waals surface area contributed by atoms with Crippen LogP contribution < -0.4 is 5.32 Å². The van der Waals surface area contributed by atoms with Crippen molar-refractivity contribution in [3.8, 4) is 0 Å². The smallest absolute Gasteiger partial charge is 0.226 e. The minimum absolute atomic E-state index is 0.0300. The number of hydrogen-bond donors (Lipinski definition) is 2. The molecule has 2 unspecified atom stereocenters. The molecule has 0 spiro atoms. The van der Waals surface area contributed by atoms with Crippen molar-refractivity contribution in [2.75, 3.05) is 19.8 Å². The van der Waals surface area contributed by atoms with E-state index in [9.17, 15) is 4.79 Å². The number of aliphatic hydroxyl groups is 1. The Labute approximate surface area is 107 Å². The summed E-state index contributed by atoms with van der Waals surface area (Å²) in [6.07, 6.45) is 1.57. The van der Waals surface area contributed by atoms with Crippen molar-refractivity contribution in [1.29, 1.82) is 0 Å². The van der Waals surface area contributed by atoms with Crippen molar-refractivity contribution in [2.45, 2.75) is 18.9 Å². The highest BCUT2D eigenvalue weighted by atomic mass is 16.5. The van der Waals surface area contributed by atoms with E-state index in [1.807, 2.05) is 30.3 Å². The van der Waals surface area contributed by atoms with Gasteiger partial charge >= 0.3 is 0 Å². The summed E-state index contributed by atoms with van der Waals surface area (Å²) in [5.74, 6) is -0.190. The average Bonchev–Trinajstić information content (AvgIpc) is 2.45. The molecule has 1 saturated heterocycles. The SMILES string of the molecule is O=C(NCCO)C1CCCOC1c1ccccc1. The first-order valence-electron chi connectivity index (χ1n) is 6.38. The second-order valence-corrected chi connectivity index (χ2v) is 4.47. The van der Waals surface area contributed by atoms with Crippen LogP contribution in [0.15, 0.2) is 30.3 Å². The first-order valence-corrected chi connectivity index (χ1v) is 6.38. The van der Waals surface area contributed by atoms with Crippen LogP contribution in [0.1, 0.15) is 24.5 Å². The third kappa shape index (κ3) is 3.09. The molecule has 1 aliphatic heterocycles. The Bertz CT molecular complexity index is 380. The van der Waals surface area contributed by atoms with Gasteiger partial charge in [-0.3, -0.25) is 4.79 Å². The van der Waals surface area contributed by atoms with E-state index in [4.69, 9.17) is 9.84 Å². The molecule has 1 amide bonds. The summed E-state index contributed by atoms with van der Waals surface area (Å²) < 4.78 is 5.75. The summed E-state index contributed by atoms with van der Waals surface area (Å²) in [5, 5.41) is 11.5. The van der Waals surface area contributed by atoms with Crippen molar-refractivity contribution in [3.05, 3.63) is 35.9 Å². The molecule has 0 aliphatic carbocycles. The molecule has 1 aromatic rings. The number of amides is 1. The molecular weight excluding hydrogens is 230 g/mol. The highest BCUT2D eigenvalue weighted by Gasteiger charge is 2.32. The van der Waals surface area contributed by atoms with Gasteiger partial charge in [-0.2, -0.15) is 0 Å². The number of carbonyl (C=O) groups is 1. The molecule has 0 aromatic heterocycles. The second kappa shape index (κ2) is 6.52. The lowest BCUT2D eigenvalue weighted by Crippen LogP contribution is -2.38. The van der Waals surface area contributed by atoms with Crippen LogP contribution in [0, 0.1) is 5.92 Å². The molecule has 4 nitrogen and oxygen atoms in total. The Morgan fingerprint density at radius 2 is 2.17 bits per heavy atom. The maximum atomic E-state index is 12.0. The third-order valence-corrected chi connectivity index (χ3v) is 3.20. The molecule has 1 heterocycles. The van der Waals surface area contributed by atoms with E-state index in [2.05, 4.69) is 5.32 Å². The zero-order chi connectivity index (χ0) is 12.8. The zero-order valence-corrected chi connectivity index (χ0v) is 10.3. The van der Waals surface area contributed by atoms with Gasteiger partial charge in [0.1, 0.15) is 0 Å². The molecule has 2 N–H and O–H groups in total. The molecule has 0 saturated carbocycles. The van der Waals surface area contributed by atoms with Gasteiger partial charge in [-0.25, -0.2) is 0 Å². The Morgan fingerprint density at radius 3 is 2.89 bits per heavy atom. The van der Waals surface area contributed by atoms with E-state index in [1.54, 1.807) is 0 Å². The summed E-state index contributed by atoms with van der Waals surface area (Å²) >= 11 is 0. The Morgan fingerprint density at radius 1 is 1.39 bits per heavy atom. The van der Waals surface area contributed by atoms with Crippen LogP contribution in [0.25, 0.3) is 0 Å². The minimum Gasteiger partial charge on any atom is -0.395 e. The van der Waals surface area contributed by atoms with Crippen LogP contribution in [0.4, 0.5) is 0 Å². The van der Waals surface area contributed by atoms with Crippen molar-refractivity contribution in [3.63, 3.8) is 0 Å². The molecule has 0 bridgehead atoms. The van der Waals surface area contributed by atoms with Crippen LogP contribution in [-0.4, -0.2) is 30.8 Å². The summed E-state index contributed by atoms with van der Waals surface area (Å²) in [5.41, 5.74) is 1.04. The predicted octanol–water partition coefficient (Wildman–Crippen LogP) is 1.26. The predicted molar refractivity (Wildman–Crippen MR) is 68.0 cm³/mol. The van der Waals surface area contributed by atoms with E-state index in [1.165, 1.54) is 0 Å². The number of nitrogens with one attached hydrogen (secondary N) is 1. The Hall–Kier alpha value is -1.39. The number of benzene rings is 1. The standard InChI is InChI=1S/C14H19NO3/c16-9-8-15-14(17)12-7-4-10-18-13(12)11-5-2-1-3-6-11/h1-3,5-6,12-13,16H,4,7-10H2,(H,15,17). The van der Waals surface area contributed by atoms with Crippen molar-refractivity contribution >= 4 is 5.91 Å². The van der Waals surface area contributed by atoms with Crippen LogP contribution in [-0.2, 0) is 9.53 Å². The summed E-state index contributed by atoms with van der Waals surface area (Å²) in [4.78, 5) is 12.0. The first kappa shape index (κ1) is 13.1. The summed E-state index contributed by atoms with van der Waals surface area (Å²) in [6.45, 7) is 0.968. The lowest BCUT2D eigenvalue weighted by molar-refractivity contribution is -0.134. The van der Waals surface area contributed by atoms with Gasteiger partial charge in [0.2, 0.25) is 5.91 Å². The quantitative estimate of drug-likeness (QED) is 0.844. The lowest BCUT2D eigenvalue weighted by Gasteiger charge is -2.31. The van der Waals surface area contributed by atoms with Gasteiger partial charge in [-0.1, -0.05) is 30.3 Å². The Balaban J connectivity index is 2.09. The van der Waals surface area contributed by atoms with Gasteiger partial charge in [0.25, 0.3) is 0 Å². The molecule has 98 valence electrons. The lowest BCUT2D eigenvalue weighted by atomic mass is 9.89. The number of hydrogen-bond acceptors (Lipinski definition) is 3. The normalized spacial score (nSPS) is 23.6. The number of carbonyl (C=O) groups excluding carboxylic acids is 1. The van der Waals surface area contributed by atoms with E-state index in [0.717, 1.165) is 18.4 Å². The molecular formula is C14H19NO3. The monoisotopic (exact) mass is 249 g/mol. The van der Waals surface area contributed by atoms with Gasteiger partial charge < -0.3 is 15.2 Å². The van der Waals surface area contributed by atoms with E-state index in [-0.39, 0.29) is 24.5 Å². The van der Waals surface area contributed by atoms with Gasteiger partial charge in [0.05, 0.1) is 18.6 Å². The maximum absolute atomic E-state index is 12.0. The molecule has 1 fully saturated rings. The molecule has 18 heavy (non-hydrogen) atoms. The average molecular weight is 249 g/mol. The fraction of sp³-hybridized carbons (Fsp3) is 0.500. The highest BCUT2D eigenvalue weighted by Crippen LogP contribution is 2.33. The largest absolute Gasteiger partial charge is 0.395 e. The topological polar surface area (TPSA) is 58.6 Å². The van der Waals surface area contributed by atoms with Crippen molar-refractivity contribution in [2.24, 2.45) is 5.92 Å².